The highest BCUT2D eigenvalue weighted by Gasteiger charge is 2.10. The van der Waals surface area contributed by atoms with E-state index in [-0.39, 0.29) is 0 Å². The summed E-state index contributed by atoms with van der Waals surface area (Å²) >= 11 is 5.92. The molecule has 19 heavy (non-hydrogen) atoms. The van der Waals surface area contributed by atoms with Crippen LogP contribution in [0, 0.1) is 11.3 Å². The van der Waals surface area contributed by atoms with Gasteiger partial charge in [-0.25, -0.2) is 4.98 Å². The molecular formula is C13H18ClN3O2. The second-order valence-corrected chi connectivity index (χ2v) is 4.36. The third-order valence-corrected chi connectivity index (χ3v) is 2.77. The van der Waals surface area contributed by atoms with Crippen LogP contribution >= 0.6 is 11.6 Å². The van der Waals surface area contributed by atoms with Gasteiger partial charge in [0.05, 0.1) is 18.2 Å². The van der Waals surface area contributed by atoms with Crippen LogP contribution in [0.1, 0.15) is 12.0 Å². The number of hydrogen-bond donors (Lipinski definition) is 0. The molecule has 0 aliphatic heterocycles. The molecule has 0 unspecified atom stereocenters. The summed E-state index contributed by atoms with van der Waals surface area (Å²) in [6.45, 7) is 2.73. The third-order valence-electron chi connectivity index (χ3n) is 2.58. The molecule has 0 aromatic carbocycles. The van der Waals surface area contributed by atoms with Crippen molar-refractivity contribution in [2.75, 3.05) is 45.4 Å². The van der Waals surface area contributed by atoms with Crippen LogP contribution in [0.15, 0.2) is 12.1 Å². The molecule has 0 N–H and O–H groups in total. The molecule has 1 aromatic heterocycles. The second kappa shape index (κ2) is 8.70. The normalized spacial score (nSPS) is 10.2. The standard InChI is InChI=1S/C13H18ClN3O2/c1-18-6-3-4-17(5-7-19-2)13-9-11(10-15)8-12(14)16-13/h8-9H,3-7H2,1-2H3. The lowest BCUT2D eigenvalue weighted by molar-refractivity contribution is 0.191. The van der Waals surface area contributed by atoms with Gasteiger partial charge in [-0.15, -0.1) is 0 Å². The zero-order valence-electron chi connectivity index (χ0n) is 11.2. The predicted octanol–water partition coefficient (Wildman–Crippen LogP) is 2.10. The van der Waals surface area contributed by atoms with E-state index in [2.05, 4.69) is 11.1 Å². The number of ether oxygens (including phenoxy) is 2. The summed E-state index contributed by atoms with van der Waals surface area (Å²) in [5.74, 6) is 0.692. The Hall–Kier alpha value is -1.35. The number of anilines is 1. The van der Waals surface area contributed by atoms with Gasteiger partial charge in [-0.05, 0) is 18.6 Å². The van der Waals surface area contributed by atoms with Gasteiger partial charge in [-0.2, -0.15) is 5.26 Å². The van der Waals surface area contributed by atoms with Crippen LogP contribution in [-0.2, 0) is 9.47 Å². The highest BCUT2D eigenvalue weighted by atomic mass is 35.5. The maximum absolute atomic E-state index is 8.96. The van der Waals surface area contributed by atoms with Crippen LogP contribution in [0.3, 0.4) is 0 Å². The largest absolute Gasteiger partial charge is 0.385 e. The van der Waals surface area contributed by atoms with E-state index in [0.29, 0.717) is 36.3 Å². The highest BCUT2D eigenvalue weighted by Crippen LogP contribution is 2.18. The van der Waals surface area contributed by atoms with Crippen molar-refractivity contribution in [1.29, 1.82) is 5.26 Å². The Morgan fingerprint density at radius 3 is 2.63 bits per heavy atom. The molecule has 0 saturated heterocycles. The number of methoxy groups -OCH3 is 2. The van der Waals surface area contributed by atoms with Gasteiger partial charge in [0.1, 0.15) is 11.0 Å². The van der Waals surface area contributed by atoms with E-state index in [9.17, 15) is 0 Å². The Labute approximate surface area is 118 Å². The van der Waals surface area contributed by atoms with Crippen LogP contribution in [0.25, 0.3) is 0 Å². The first-order valence-corrected chi connectivity index (χ1v) is 6.39. The maximum atomic E-state index is 8.96. The average molecular weight is 284 g/mol. The molecule has 0 radical (unpaired) electrons. The molecule has 0 saturated carbocycles. The molecule has 1 rings (SSSR count). The van der Waals surface area contributed by atoms with Gasteiger partial charge in [-0.1, -0.05) is 11.6 Å². The van der Waals surface area contributed by atoms with Crippen molar-refractivity contribution in [3.63, 3.8) is 0 Å². The Kier molecular flexibility index (Phi) is 7.19. The molecule has 0 fully saturated rings. The van der Waals surface area contributed by atoms with Crippen molar-refractivity contribution in [1.82, 2.24) is 4.98 Å². The fraction of sp³-hybridized carbons (Fsp3) is 0.538. The number of halogens is 1. The SMILES string of the molecule is COCCCN(CCOC)c1cc(C#N)cc(Cl)n1. The summed E-state index contributed by atoms with van der Waals surface area (Å²) in [6.07, 6.45) is 0.871. The van der Waals surface area contributed by atoms with Gasteiger partial charge in [0, 0.05) is 33.9 Å². The lowest BCUT2D eigenvalue weighted by Gasteiger charge is -2.23. The lowest BCUT2D eigenvalue weighted by atomic mass is 10.2. The molecule has 0 atom stereocenters. The number of pyridine rings is 1. The quantitative estimate of drug-likeness (QED) is 0.540. The van der Waals surface area contributed by atoms with E-state index in [1.54, 1.807) is 26.4 Å². The Bertz CT molecular complexity index is 434. The Morgan fingerprint density at radius 2 is 2.00 bits per heavy atom. The van der Waals surface area contributed by atoms with E-state index in [1.165, 1.54) is 0 Å². The first-order chi connectivity index (χ1) is 9.21. The smallest absolute Gasteiger partial charge is 0.132 e. The Morgan fingerprint density at radius 1 is 1.26 bits per heavy atom. The van der Waals surface area contributed by atoms with Crippen molar-refractivity contribution in [3.8, 4) is 6.07 Å². The minimum absolute atomic E-state index is 0.322. The maximum Gasteiger partial charge on any atom is 0.132 e. The summed E-state index contributed by atoms with van der Waals surface area (Å²) in [5.41, 5.74) is 0.504. The third kappa shape index (κ3) is 5.43. The molecule has 0 aliphatic rings. The van der Waals surface area contributed by atoms with Crippen LogP contribution in [0.2, 0.25) is 5.15 Å². The van der Waals surface area contributed by atoms with E-state index in [1.807, 2.05) is 4.90 Å². The van der Waals surface area contributed by atoms with E-state index < -0.39 is 0 Å². The van der Waals surface area contributed by atoms with Crippen molar-refractivity contribution < 1.29 is 9.47 Å². The number of nitriles is 1. The Balaban J connectivity index is 2.82. The summed E-state index contributed by atoms with van der Waals surface area (Å²) < 4.78 is 10.1. The fourth-order valence-electron chi connectivity index (χ4n) is 1.65. The van der Waals surface area contributed by atoms with Gasteiger partial charge in [-0.3, -0.25) is 0 Å². The number of aromatic nitrogens is 1. The highest BCUT2D eigenvalue weighted by molar-refractivity contribution is 6.29. The average Bonchev–Trinajstić information content (AvgIpc) is 2.42. The monoisotopic (exact) mass is 283 g/mol. The van der Waals surface area contributed by atoms with Crippen molar-refractivity contribution in [2.45, 2.75) is 6.42 Å². The second-order valence-electron chi connectivity index (χ2n) is 3.97. The zero-order valence-corrected chi connectivity index (χ0v) is 12.0. The van der Waals surface area contributed by atoms with Gasteiger partial charge < -0.3 is 14.4 Å². The van der Waals surface area contributed by atoms with Gasteiger partial charge in [0.15, 0.2) is 0 Å². The molecule has 1 heterocycles. The van der Waals surface area contributed by atoms with Crippen molar-refractivity contribution in [2.24, 2.45) is 0 Å². The van der Waals surface area contributed by atoms with E-state index >= 15 is 0 Å². The van der Waals surface area contributed by atoms with Gasteiger partial charge in [0.2, 0.25) is 0 Å². The molecular weight excluding hydrogens is 266 g/mol. The predicted molar refractivity (Wildman–Crippen MR) is 74.5 cm³/mol. The van der Waals surface area contributed by atoms with Crippen molar-refractivity contribution >= 4 is 17.4 Å². The zero-order chi connectivity index (χ0) is 14.1. The first kappa shape index (κ1) is 15.7. The lowest BCUT2D eigenvalue weighted by Crippen LogP contribution is -2.29. The van der Waals surface area contributed by atoms with E-state index in [4.69, 9.17) is 26.3 Å². The fourth-order valence-corrected chi connectivity index (χ4v) is 1.86. The molecule has 0 aliphatic carbocycles. The minimum atomic E-state index is 0.322. The number of nitrogens with zero attached hydrogens (tertiary/aromatic N) is 3. The molecule has 0 bridgehead atoms. The molecule has 1 aromatic rings. The van der Waals surface area contributed by atoms with Crippen LogP contribution in [0.4, 0.5) is 5.82 Å². The molecule has 6 heteroatoms. The van der Waals surface area contributed by atoms with Gasteiger partial charge in [0.25, 0.3) is 0 Å². The van der Waals surface area contributed by atoms with Gasteiger partial charge >= 0.3 is 0 Å². The van der Waals surface area contributed by atoms with Crippen LogP contribution < -0.4 is 4.90 Å². The molecule has 104 valence electrons. The first-order valence-electron chi connectivity index (χ1n) is 6.01. The number of rotatable bonds is 8. The van der Waals surface area contributed by atoms with Crippen LogP contribution in [-0.4, -0.2) is 45.5 Å². The minimum Gasteiger partial charge on any atom is -0.385 e. The summed E-state index contributed by atoms with van der Waals surface area (Å²) in [7, 11) is 3.32. The summed E-state index contributed by atoms with van der Waals surface area (Å²) in [4.78, 5) is 6.29. The topological polar surface area (TPSA) is 58.4 Å². The summed E-state index contributed by atoms with van der Waals surface area (Å²) in [5, 5.41) is 9.28. The van der Waals surface area contributed by atoms with E-state index in [0.717, 1.165) is 13.0 Å². The molecule has 5 nitrogen and oxygen atoms in total. The molecule has 0 spiro atoms. The van der Waals surface area contributed by atoms with Crippen LogP contribution in [0.5, 0.6) is 0 Å². The number of hydrogen-bond acceptors (Lipinski definition) is 5. The van der Waals surface area contributed by atoms with Crippen molar-refractivity contribution in [3.05, 3.63) is 22.8 Å². The molecule has 0 amide bonds. The summed E-state index contributed by atoms with van der Waals surface area (Å²) in [6, 6.07) is 5.36.